The van der Waals surface area contributed by atoms with E-state index in [1.807, 2.05) is 18.2 Å². The number of carbonyl (C=O) groups is 1. The van der Waals surface area contributed by atoms with Crippen LogP contribution in [0.1, 0.15) is 18.4 Å². The minimum absolute atomic E-state index is 0. The summed E-state index contributed by atoms with van der Waals surface area (Å²) in [5, 5.41) is 6.11. The third-order valence-corrected chi connectivity index (χ3v) is 3.29. The van der Waals surface area contributed by atoms with Gasteiger partial charge in [0.05, 0.1) is 20.3 Å². The lowest BCUT2D eigenvalue weighted by molar-refractivity contribution is -0.122. The molecular formula is C14H21ClN2O3. The summed E-state index contributed by atoms with van der Waals surface area (Å²) in [6.07, 6.45) is 1.98. The molecule has 5 nitrogen and oxygen atoms in total. The van der Waals surface area contributed by atoms with Gasteiger partial charge in [-0.15, -0.1) is 12.4 Å². The van der Waals surface area contributed by atoms with Crippen LogP contribution in [0.3, 0.4) is 0 Å². The van der Waals surface area contributed by atoms with E-state index in [-0.39, 0.29) is 24.4 Å². The molecule has 0 spiro atoms. The number of nitrogens with one attached hydrogen (secondary N) is 2. The van der Waals surface area contributed by atoms with Crippen LogP contribution in [0.5, 0.6) is 11.5 Å². The molecular weight excluding hydrogens is 280 g/mol. The molecule has 112 valence electrons. The Morgan fingerprint density at radius 2 is 2.10 bits per heavy atom. The maximum atomic E-state index is 11.9. The van der Waals surface area contributed by atoms with Crippen LogP contribution < -0.4 is 20.1 Å². The Morgan fingerprint density at radius 3 is 2.70 bits per heavy atom. The van der Waals surface area contributed by atoms with Crippen molar-refractivity contribution < 1.29 is 14.3 Å². The predicted octanol–water partition coefficient (Wildman–Crippen LogP) is 1.49. The Bertz CT molecular complexity index is 448. The average molecular weight is 301 g/mol. The molecule has 1 aliphatic heterocycles. The van der Waals surface area contributed by atoms with Gasteiger partial charge in [-0.1, -0.05) is 6.07 Å². The molecule has 2 rings (SSSR count). The largest absolute Gasteiger partial charge is 0.493 e. The molecule has 0 unspecified atom stereocenters. The van der Waals surface area contributed by atoms with Crippen LogP contribution in [-0.4, -0.2) is 32.7 Å². The molecule has 1 atom stereocenters. The monoisotopic (exact) mass is 300 g/mol. The number of halogens is 1. The smallest absolute Gasteiger partial charge is 0.237 e. The van der Waals surface area contributed by atoms with Gasteiger partial charge in [-0.05, 0) is 37.1 Å². The van der Waals surface area contributed by atoms with Gasteiger partial charge in [-0.3, -0.25) is 4.79 Å². The summed E-state index contributed by atoms with van der Waals surface area (Å²) < 4.78 is 10.4. The molecule has 6 heteroatoms. The van der Waals surface area contributed by atoms with Gasteiger partial charge in [-0.25, -0.2) is 0 Å². The van der Waals surface area contributed by atoms with Crippen molar-refractivity contribution in [2.45, 2.75) is 25.4 Å². The lowest BCUT2D eigenvalue weighted by Gasteiger charge is -2.12. The van der Waals surface area contributed by atoms with Gasteiger partial charge in [0.25, 0.3) is 0 Å². The van der Waals surface area contributed by atoms with Crippen LogP contribution >= 0.6 is 12.4 Å². The highest BCUT2D eigenvalue weighted by molar-refractivity contribution is 5.85. The second-order valence-corrected chi connectivity index (χ2v) is 4.56. The number of methoxy groups -OCH3 is 2. The van der Waals surface area contributed by atoms with E-state index in [0.29, 0.717) is 18.0 Å². The van der Waals surface area contributed by atoms with Crippen LogP contribution in [0.2, 0.25) is 0 Å². The molecule has 1 aliphatic rings. The molecule has 0 aliphatic carbocycles. The van der Waals surface area contributed by atoms with Gasteiger partial charge in [0.2, 0.25) is 5.91 Å². The molecule has 1 fully saturated rings. The maximum Gasteiger partial charge on any atom is 0.237 e. The molecule has 0 aromatic heterocycles. The highest BCUT2D eigenvalue weighted by atomic mass is 35.5. The van der Waals surface area contributed by atoms with E-state index >= 15 is 0 Å². The van der Waals surface area contributed by atoms with Crippen molar-refractivity contribution in [2.24, 2.45) is 0 Å². The van der Waals surface area contributed by atoms with E-state index < -0.39 is 0 Å². The first kappa shape index (κ1) is 16.6. The average Bonchev–Trinajstić information content (AvgIpc) is 2.98. The Hall–Kier alpha value is -1.46. The van der Waals surface area contributed by atoms with E-state index in [0.717, 1.165) is 24.9 Å². The summed E-state index contributed by atoms with van der Waals surface area (Å²) >= 11 is 0. The molecule has 1 saturated heterocycles. The number of benzene rings is 1. The standard InChI is InChI=1S/C14H20N2O3.ClH/c1-18-12-6-5-10(8-13(12)19-2)9-16-14(17)11-4-3-7-15-11;/h5-6,8,11,15H,3-4,7,9H2,1-2H3,(H,16,17);1H/t11-;/m0./s1. The van der Waals surface area contributed by atoms with Crippen molar-refractivity contribution in [3.05, 3.63) is 23.8 Å². The fourth-order valence-electron chi connectivity index (χ4n) is 2.21. The summed E-state index contributed by atoms with van der Waals surface area (Å²) in [6, 6.07) is 5.60. The highest BCUT2D eigenvalue weighted by Gasteiger charge is 2.21. The van der Waals surface area contributed by atoms with Crippen molar-refractivity contribution in [1.82, 2.24) is 10.6 Å². The minimum atomic E-state index is -0.0415. The van der Waals surface area contributed by atoms with E-state index in [1.54, 1.807) is 14.2 Å². The van der Waals surface area contributed by atoms with E-state index in [9.17, 15) is 4.79 Å². The first-order valence-corrected chi connectivity index (χ1v) is 6.46. The zero-order chi connectivity index (χ0) is 13.7. The summed E-state index contributed by atoms with van der Waals surface area (Å²) in [5.74, 6) is 1.43. The first-order chi connectivity index (χ1) is 9.24. The second-order valence-electron chi connectivity index (χ2n) is 4.56. The van der Waals surface area contributed by atoms with Crippen molar-refractivity contribution in [2.75, 3.05) is 20.8 Å². The minimum Gasteiger partial charge on any atom is -0.493 e. The first-order valence-electron chi connectivity index (χ1n) is 6.46. The van der Waals surface area contributed by atoms with Crippen molar-refractivity contribution in [3.8, 4) is 11.5 Å². The maximum absolute atomic E-state index is 11.9. The summed E-state index contributed by atoms with van der Waals surface area (Å²) in [4.78, 5) is 11.9. The third-order valence-electron chi connectivity index (χ3n) is 3.29. The van der Waals surface area contributed by atoms with Gasteiger partial charge in [0.15, 0.2) is 11.5 Å². The fourth-order valence-corrected chi connectivity index (χ4v) is 2.21. The molecule has 20 heavy (non-hydrogen) atoms. The van der Waals surface area contributed by atoms with Crippen LogP contribution in [0, 0.1) is 0 Å². The number of ether oxygens (including phenoxy) is 2. The van der Waals surface area contributed by atoms with Crippen molar-refractivity contribution in [1.29, 1.82) is 0 Å². The summed E-state index contributed by atoms with van der Waals surface area (Å²) in [6.45, 7) is 1.42. The van der Waals surface area contributed by atoms with E-state index in [4.69, 9.17) is 9.47 Å². The molecule has 1 amide bonds. The fraction of sp³-hybridized carbons (Fsp3) is 0.500. The van der Waals surface area contributed by atoms with E-state index in [1.165, 1.54) is 0 Å². The lowest BCUT2D eigenvalue weighted by Crippen LogP contribution is -2.39. The SMILES string of the molecule is COc1ccc(CNC(=O)[C@@H]2CCCN2)cc1OC.Cl. The number of carbonyl (C=O) groups excluding carboxylic acids is 1. The van der Waals surface area contributed by atoms with Crippen LogP contribution in [0.25, 0.3) is 0 Å². The molecule has 0 bridgehead atoms. The van der Waals surface area contributed by atoms with Gasteiger partial charge in [-0.2, -0.15) is 0 Å². The molecule has 2 N–H and O–H groups in total. The number of amides is 1. The summed E-state index contributed by atoms with van der Waals surface area (Å²) in [7, 11) is 3.20. The Kier molecular flexibility index (Phi) is 6.61. The number of rotatable bonds is 5. The highest BCUT2D eigenvalue weighted by Crippen LogP contribution is 2.27. The lowest BCUT2D eigenvalue weighted by atomic mass is 10.2. The normalized spacial score (nSPS) is 17.2. The molecule has 0 saturated carbocycles. The number of hydrogen-bond acceptors (Lipinski definition) is 4. The Morgan fingerprint density at radius 1 is 1.35 bits per heavy atom. The van der Waals surface area contributed by atoms with Gasteiger partial charge < -0.3 is 20.1 Å². The Labute approximate surface area is 125 Å². The van der Waals surface area contributed by atoms with Crippen molar-refractivity contribution in [3.63, 3.8) is 0 Å². The molecule has 0 radical (unpaired) electrons. The van der Waals surface area contributed by atoms with Crippen molar-refractivity contribution >= 4 is 18.3 Å². The zero-order valence-electron chi connectivity index (χ0n) is 11.8. The quantitative estimate of drug-likeness (QED) is 0.865. The van der Waals surface area contributed by atoms with Gasteiger partial charge >= 0.3 is 0 Å². The predicted molar refractivity (Wildman–Crippen MR) is 79.7 cm³/mol. The zero-order valence-corrected chi connectivity index (χ0v) is 12.6. The van der Waals surface area contributed by atoms with Crippen LogP contribution in [-0.2, 0) is 11.3 Å². The molecule has 1 aromatic rings. The topological polar surface area (TPSA) is 59.6 Å². The van der Waals surface area contributed by atoms with Gasteiger partial charge in [0.1, 0.15) is 0 Å². The second kappa shape index (κ2) is 7.97. The Balaban J connectivity index is 0.00000200. The number of hydrogen-bond donors (Lipinski definition) is 2. The molecule has 1 aromatic carbocycles. The summed E-state index contributed by atoms with van der Waals surface area (Å²) in [5.41, 5.74) is 0.990. The molecule has 1 heterocycles. The van der Waals surface area contributed by atoms with Crippen LogP contribution in [0.4, 0.5) is 0 Å². The van der Waals surface area contributed by atoms with Crippen LogP contribution in [0.15, 0.2) is 18.2 Å². The van der Waals surface area contributed by atoms with E-state index in [2.05, 4.69) is 10.6 Å². The van der Waals surface area contributed by atoms with Gasteiger partial charge in [0, 0.05) is 6.54 Å². The third kappa shape index (κ3) is 4.02.